The number of piperazine rings is 1. The highest BCUT2D eigenvalue weighted by atomic mass is 16.5. The number of nitrogens with zero attached hydrogens (tertiary/aromatic N) is 2. The first kappa shape index (κ1) is 16.6. The van der Waals surface area contributed by atoms with Crippen LogP contribution in [0.1, 0.15) is 28.8 Å². The minimum Gasteiger partial charge on any atom is -0.496 e. The molecule has 0 unspecified atom stereocenters. The van der Waals surface area contributed by atoms with Crippen molar-refractivity contribution in [3.05, 3.63) is 23.3 Å². The molecule has 3 rings (SSSR count). The molecule has 1 aromatic carbocycles. The number of methoxy groups -OCH3 is 2. The third-order valence-corrected chi connectivity index (χ3v) is 4.82. The van der Waals surface area contributed by atoms with Gasteiger partial charge in [-0.25, -0.2) is 0 Å². The maximum Gasteiger partial charge on any atom is 0.257 e. The molecule has 2 aliphatic rings. The SMILES string of the molecule is COc1ccc(C(=O)N2CCN(C(=O)C3CC3)CC2)c(OC)c1C. The van der Waals surface area contributed by atoms with Crippen LogP contribution in [-0.4, -0.2) is 62.0 Å². The van der Waals surface area contributed by atoms with Gasteiger partial charge in [-0.3, -0.25) is 9.59 Å². The standard InChI is InChI=1S/C18H24N2O4/c1-12-15(23-2)7-6-14(16(12)24-3)18(22)20-10-8-19(9-11-20)17(21)13-4-5-13/h6-7,13H,4-5,8-11H2,1-3H3. The van der Waals surface area contributed by atoms with Gasteiger partial charge in [-0.2, -0.15) is 0 Å². The van der Waals surface area contributed by atoms with Crippen molar-refractivity contribution in [3.63, 3.8) is 0 Å². The van der Waals surface area contributed by atoms with Gasteiger partial charge in [0.1, 0.15) is 11.5 Å². The van der Waals surface area contributed by atoms with Gasteiger partial charge in [0.05, 0.1) is 19.8 Å². The van der Waals surface area contributed by atoms with E-state index in [9.17, 15) is 9.59 Å². The number of carbonyl (C=O) groups is 2. The van der Waals surface area contributed by atoms with E-state index in [0.29, 0.717) is 43.2 Å². The Labute approximate surface area is 142 Å². The third-order valence-electron chi connectivity index (χ3n) is 4.82. The fraction of sp³-hybridized carbons (Fsp3) is 0.556. The van der Waals surface area contributed by atoms with Crippen LogP contribution in [0.2, 0.25) is 0 Å². The second-order valence-corrected chi connectivity index (χ2v) is 6.37. The normalized spacial score (nSPS) is 17.6. The fourth-order valence-corrected chi connectivity index (χ4v) is 3.21. The molecule has 2 fully saturated rings. The molecule has 0 atom stereocenters. The summed E-state index contributed by atoms with van der Waals surface area (Å²) in [5.41, 5.74) is 1.35. The molecule has 0 N–H and O–H groups in total. The van der Waals surface area contributed by atoms with Crippen LogP contribution in [0.5, 0.6) is 11.5 Å². The Morgan fingerprint density at radius 2 is 1.62 bits per heavy atom. The van der Waals surface area contributed by atoms with E-state index in [1.54, 1.807) is 31.3 Å². The molecule has 1 saturated heterocycles. The Morgan fingerprint density at radius 3 is 2.17 bits per heavy atom. The van der Waals surface area contributed by atoms with Crippen LogP contribution in [0.25, 0.3) is 0 Å². The van der Waals surface area contributed by atoms with Crippen LogP contribution >= 0.6 is 0 Å². The number of benzene rings is 1. The summed E-state index contributed by atoms with van der Waals surface area (Å²) >= 11 is 0. The second kappa shape index (κ2) is 6.71. The first-order valence-corrected chi connectivity index (χ1v) is 8.36. The van der Waals surface area contributed by atoms with E-state index < -0.39 is 0 Å². The summed E-state index contributed by atoms with van der Waals surface area (Å²) in [7, 11) is 3.16. The average Bonchev–Trinajstić information content (AvgIpc) is 3.45. The number of carbonyl (C=O) groups excluding carboxylic acids is 2. The highest BCUT2D eigenvalue weighted by Gasteiger charge is 2.35. The molecule has 0 spiro atoms. The molecule has 1 heterocycles. The smallest absolute Gasteiger partial charge is 0.257 e. The molecule has 1 saturated carbocycles. The number of hydrogen-bond donors (Lipinski definition) is 0. The van der Waals surface area contributed by atoms with Gasteiger partial charge >= 0.3 is 0 Å². The predicted molar refractivity (Wildman–Crippen MR) is 89.5 cm³/mol. The number of rotatable bonds is 4. The summed E-state index contributed by atoms with van der Waals surface area (Å²) in [6.07, 6.45) is 2.03. The molecular weight excluding hydrogens is 308 g/mol. The molecule has 1 aromatic rings. The summed E-state index contributed by atoms with van der Waals surface area (Å²) < 4.78 is 10.7. The zero-order valence-electron chi connectivity index (χ0n) is 14.5. The number of hydrogen-bond acceptors (Lipinski definition) is 4. The summed E-state index contributed by atoms with van der Waals surface area (Å²) in [5.74, 6) is 1.67. The minimum absolute atomic E-state index is 0.0591. The van der Waals surface area contributed by atoms with Crippen molar-refractivity contribution in [1.82, 2.24) is 9.80 Å². The second-order valence-electron chi connectivity index (χ2n) is 6.37. The summed E-state index contributed by atoms with van der Waals surface area (Å²) in [6, 6.07) is 3.53. The van der Waals surface area contributed by atoms with Gasteiger partial charge in [-0.15, -0.1) is 0 Å². The molecule has 2 amide bonds. The van der Waals surface area contributed by atoms with Crippen LogP contribution in [0.4, 0.5) is 0 Å². The maximum atomic E-state index is 12.9. The van der Waals surface area contributed by atoms with E-state index in [4.69, 9.17) is 9.47 Å². The van der Waals surface area contributed by atoms with Crippen molar-refractivity contribution in [1.29, 1.82) is 0 Å². The molecule has 6 nitrogen and oxygen atoms in total. The maximum absolute atomic E-state index is 12.9. The van der Waals surface area contributed by atoms with Gasteiger partial charge in [0.25, 0.3) is 5.91 Å². The first-order valence-electron chi connectivity index (χ1n) is 8.36. The van der Waals surface area contributed by atoms with Crippen LogP contribution in [0.3, 0.4) is 0 Å². The molecular formula is C18H24N2O4. The largest absolute Gasteiger partial charge is 0.496 e. The molecule has 0 bridgehead atoms. The molecule has 130 valence electrons. The van der Waals surface area contributed by atoms with Crippen molar-refractivity contribution < 1.29 is 19.1 Å². The summed E-state index contributed by atoms with van der Waals surface area (Å²) in [4.78, 5) is 28.6. The highest BCUT2D eigenvalue weighted by Crippen LogP contribution is 2.33. The van der Waals surface area contributed by atoms with E-state index in [0.717, 1.165) is 18.4 Å². The van der Waals surface area contributed by atoms with Crippen molar-refractivity contribution in [2.24, 2.45) is 5.92 Å². The molecule has 24 heavy (non-hydrogen) atoms. The summed E-state index contributed by atoms with van der Waals surface area (Å²) in [6.45, 7) is 4.22. The summed E-state index contributed by atoms with van der Waals surface area (Å²) in [5, 5.41) is 0. The molecule has 1 aliphatic heterocycles. The Balaban J connectivity index is 1.71. The Hall–Kier alpha value is -2.24. The monoisotopic (exact) mass is 332 g/mol. The third kappa shape index (κ3) is 3.05. The van der Waals surface area contributed by atoms with Gasteiger partial charge < -0.3 is 19.3 Å². The predicted octanol–water partition coefficient (Wildman–Crippen LogP) is 1.71. The zero-order chi connectivity index (χ0) is 17.3. The molecule has 6 heteroatoms. The van der Waals surface area contributed by atoms with E-state index in [-0.39, 0.29) is 17.7 Å². The van der Waals surface area contributed by atoms with Crippen molar-refractivity contribution in [2.45, 2.75) is 19.8 Å². The van der Waals surface area contributed by atoms with E-state index in [1.807, 2.05) is 11.8 Å². The lowest BCUT2D eigenvalue weighted by Gasteiger charge is -2.35. The lowest BCUT2D eigenvalue weighted by atomic mass is 10.1. The fourth-order valence-electron chi connectivity index (χ4n) is 3.21. The molecule has 0 radical (unpaired) electrons. The van der Waals surface area contributed by atoms with Gasteiger partial charge in [0, 0.05) is 37.7 Å². The van der Waals surface area contributed by atoms with Crippen molar-refractivity contribution in [3.8, 4) is 11.5 Å². The number of ether oxygens (including phenoxy) is 2. The van der Waals surface area contributed by atoms with Crippen molar-refractivity contribution >= 4 is 11.8 Å². The lowest BCUT2D eigenvalue weighted by molar-refractivity contribution is -0.134. The van der Waals surface area contributed by atoms with Crippen LogP contribution in [-0.2, 0) is 4.79 Å². The highest BCUT2D eigenvalue weighted by molar-refractivity contribution is 5.98. The first-order chi connectivity index (χ1) is 11.6. The van der Waals surface area contributed by atoms with Crippen molar-refractivity contribution in [2.75, 3.05) is 40.4 Å². The molecule has 0 aromatic heterocycles. The van der Waals surface area contributed by atoms with E-state index in [1.165, 1.54) is 0 Å². The Morgan fingerprint density at radius 1 is 1.00 bits per heavy atom. The van der Waals surface area contributed by atoms with Crippen LogP contribution in [0, 0.1) is 12.8 Å². The van der Waals surface area contributed by atoms with Gasteiger partial charge in [-0.1, -0.05) is 0 Å². The minimum atomic E-state index is -0.0591. The van der Waals surface area contributed by atoms with Gasteiger partial charge in [0.2, 0.25) is 5.91 Å². The zero-order valence-corrected chi connectivity index (χ0v) is 14.5. The van der Waals surface area contributed by atoms with Gasteiger partial charge in [-0.05, 0) is 31.9 Å². The topological polar surface area (TPSA) is 59.1 Å². The Kier molecular flexibility index (Phi) is 4.64. The van der Waals surface area contributed by atoms with Gasteiger partial charge in [0.15, 0.2) is 0 Å². The number of amides is 2. The molecule has 1 aliphatic carbocycles. The van der Waals surface area contributed by atoms with Crippen LogP contribution in [0.15, 0.2) is 12.1 Å². The quantitative estimate of drug-likeness (QED) is 0.842. The lowest BCUT2D eigenvalue weighted by Crippen LogP contribution is -2.51. The average molecular weight is 332 g/mol. The van der Waals surface area contributed by atoms with Crippen LogP contribution < -0.4 is 9.47 Å². The van der Waals surface area contributed by atoms with E-state index >= 15 is 0 Å². The Bertz CT molecular complexity index is 647. The van der Waals surface area contributed by atoms with E-state index in [2.05, 4.69) is 0 Å².